The Hall–Kier alpha value is -1.98. The molecule has 0 saturated carbocycles. The first-order chi connectivity index (χ1) is 28.4. The van der Waals surface area contributed by atoms with Crippen molar-refractivity contribution < 1.29 is 125 Å². The average Bonchev–Trinajstić information content (AvgIpc) is 3.20. The zero-order chi connectivity index (χ0) is 45.9. The molecule has 4 heterocycles. The smallest absolute Gasteiger partial charge is 0.217 e. The molecule has 0 aromatic heterocycles. The molecule has 23 atom stereocenters. The fraction of sp³-hybridized carbons (Fsp3) is 0.941. The van der Waals surface area contributed by atoms with Crippen molar-refractivity contribution in [3.05, 3.63) is 0 Å². The third-order valence-corrected chi connectivity index (χ3v) is 11.0. The first-order valence-corrected chi connectivity index (χ1v) is 19.3. The van der Waals surface area contributed by atoms with Gasteiger partial charge in [-0.2, -0.15) is 0 Å². The van der Waals surface area contributed by atoms with Crippen LogP contribution in [0, 0.1) is 0 Å². The zero-order valence-electron chi connectivity index (χ0n) is 32.9. The summed E-state index contributed by atoms with van der Waals surface area (Å²) in [7, 11) is 0. The Morgan fingerprint density at radius 1 is 0.672 bits per heavy atom. The lowest BCUT2D eigenvalue weighted by Crippen LogP contribution is -2.68. The molecule has 356 valence electrons. The van der Waals surface area contributed by atoms with Gasteiger partial charge < -0.3 is 126 Å². The normalized spacial score (nSPS) is 44.6. The average molecular weight is 897 g/mol. The molecule has 0 bridgehead atoms. The molecule has 4 aliphatic rings. The van der Waals surface area contributed by atoms with E-state index in [-0.39, 0.29) is 0 Å². The first kappa shape index (κ1) is 51.7. The highest BCUT2D eigenvalue weighted by Crippen LogP contribution is 2.39. The van der Waals surface area contributed by atoms with Gasteiger partial charge in [0.05, 0.1) is 50.2 Å². The van der Waals surface area contributed by atoms with E-state index in [4.69, 9.17) is 28.4 Å². The third-order valence-electron chi connectivity index (χ3n) is 11.0. The Labute approximate surface area is 346 Å². The van der Waals surface area contributed by atoms with Crippen LogP contribution >= 0.6 is 0 Å². The summed E-state index contributed by atoms with van der Waals surface area (Å²) in [4.78, 5) is 24.0. The molecule has 2 amide bonds. The second-order valence-electron chi connectivity index (χ2n) is 15.9. The lowest BCUT2D eigenvalue weighted by molar-refractivity contribution is -0.371. The van der Waals surface area contributed by atoms with Crippen LogP contribution in [0.15, 0.2) is 0 Å². The van der Waals surface area contributed by atoms with E-state index in [1.54, 1.807) is 0 Å². The molecule has 0 aromatic carbocycles. The number of aliphatic hydroxyl groups is 17. The van der Waals surface area contributed by atoms with E-state index >= 15 is 0 Å². The highest BCUT2D eigenvalue weighted by atomic mass is 16.7. The van der Waals surface area contributed by atoms with Gasteiger partial charge in [-0.3, -0.25) is 9.59 Å². The number of hydrogen-bond acceptors (Lipinski definition) is 25. The van der Waals surface area contributed by atoms with Gasteiger partial charge in [0.15, 0.2) is 24.2 Å². The molecule has 4 aliphatic heterocycles. The van der Waals surface area contributed by atoms with Gasteiger partial charge in [0.1, 0.15) is 92.1 Å². The second kappa shape index (κ2) is 21.3. The van der Waals surface area contributed by atoms with Gasteiger partial charge in [0, 0.05) is 33.1 Å². The van der Waals surface area contributed by atoms with Gasteiger partial charge >= 0.3 is 0 Å². The van der Waals surface area contributed by atoms with Crippen LogP contribution in [-0.2, 0) is 38.0 Å². The van der Waals surface area contributed by atoms with Crippen LogP contribution in [0.2, 0.25) is 0 Å². The molecule has 0 radical (unpaired) electrons. The Morgan fingerprint density at radius 2 is 1.16 bits per heavy atom. The summed E-state index contributed by atoms with van der Waals surface area (Å²) in [6, 6.07) is -3.04. The molecule has 4 fully saturated rings. The first-order valence-electron chi connectivity index (χ1n) is 19.3. The molecule has 27 heteroatoms. The number of hydrogen-bond donors (Lipinski definition) is 19. The summed E-state index contributed by atoms with van der Waals surface area (Å²) >= 11 is 0. The fourth-order valence-electron chi connectivity index (χ4n) is 7.87. The number of ether oxygens (including phenoxy) is 6. The topological polar surface area (TPSA) is 457 Å². The van der Waals surface area contributed by atoms with E-state index in [9.17, 15) is 96.4 Å². The molecular formula is C34H60N2O25. The van der Waals surface area contributed by atoms with E-state index in [1.807, 2.05) is 0 Å². The molecule has 19 N–H and O–H groups in total. The van der Waals surface area contributed by atoms with Crippen molar-refractivity contribution in [1.82, 2.24) is 10.6 Å². The second-order valence-corrected chi connectivity index (χ2v) is 15.9. The van der Waals surface area contributed by atoms with Crippen molar-refractivity contribution in [3.63, 3.8) is 0 Å². The van der Waals surface area contributed by atoms with Gasteiger partial charge in [-0.05, 0) is 0 Å². The molecular weight excluding hydrogens is 836 g/mol. The molecule has 4 rings (SSSR count). The zero-order valence-corrected chi connectivity index (χ0v) is 32.9. The molecule has 0 spiro atoms. The molecule has 0 aromatic rings. The number of aliphatic hydroxyl groups excluding tert-OH is 15. The number of rotatable bonds is 17. The lowest BCUT2D eigenvalue weighted by Gasteiger charge is -2.50. The van der Waals surface area contributed by atoms with E-state index in [0.29, 0.717) is 0 Å². The maximum atomic E-state index is 12.0. The summed E-state index contributed by atoms with van der Waals surface area (Å²) < 4.78 is 33.8. The largest absolute Gasteiger partial charge is 0.394 e. The van der Waals surface area contributed by atoms with Gasteiger partial charge in [-0.1, -0.05) is 0 Å². The van der Waals surface area contributed by atoms with Crippen molar-refractivity contribution in [2.45, 2.75) is 173 Å². The van der Waals surface area contributed by atoms with Crippen molar-refractivity contribution in [1.29, 1.82) is 0 Å². The van der Waals surface area contributed by atoms with Crippen LogP contribution in [-0.4, -0.2) is 265 Å². The molecule has 0 aliphatic carbocycles. The van der Waals surface area contributed by atoms with Gasteiger partial charge in [0.2, 0.25) is 11.8 Å². The lowest BCUT2D eigenvalue weighted by atomic mass is 9.84. The Bertz CT molecular complexity index is 1420. The summed E-state index contributed by atoms with van der Waals surface area (Å²) in [6.07, 6.45) is -40.6. The number of nitrogens with one attached hydrogen (secondary N) is 2. The van der Waals surface area contributed by atoms with Gasteiger partial charge in [-0.25, -0.2) is 0 Å². The van der Waals surface area contributed by atoms with Crippen molar-refractivity contribution in [3.8, 4) is 0 Å². The maximum Gasteiger partial charge on any atom is 0.217 e. The maximum absolute atomic E-state index is 12.0. The predicted octanol–water partition coefficient (Wildman–Crippen LogP) is -11.5. The molecule has 1 unspecified atom stereocenters. The summed E-state index contributed by atoms with van der Waals surface area (Å²) in [5.41, 5.74) is 0. The Balaban J connectivity index is 1.73. The SMILES string of the molecule is CC(=O)N[C@H]1[C@H]([C@H](O)[C@H](O)CO)O[C@](O)(COC(C[C@]2(O)C[C@H](O)[C@@H](NC(C)=O)[C@H]([C@H](O)[C@H](O)CO)O2)[C@H]2O[C@@H](O[C@H]3[C@H](O)[C@@H](O)[C@@H](O)O[C@@H]3CO)[C@H](O)[C@@H](O)[C@H]2O)C[C@@H]1O. The van der Waals surface area contributed by atoms with Crippen LogP contribution < -0.4 is 10.6 Å². The molecule has 27 nitrogen and oxygen atoms in total. The number of carbonyl (C=O) groups is 2. The van der Waals surface area contributed by atoms with Crippen LogP contribution in [0.4, 0.5) is 0 Å². The standard InChI is InChI=1S/C34H60N2O25/c1-10(40)35-18-12(42)3-33(54,60-29(18)20(46)14(44)6-37)5-16(56-9-34(55)4-13(43)19(36-11(2)41)30(61-34)21(47)15(45)7-38)27-23(49)22(48)26(52)32(58-27)59-28-17(8-39)57-31(53)25(51)24(28)50/h12-32,37-39,42-55H,3-9H2,1-2H3,(H,35,40)(H,36,41)/t12-,13-,14+,15+,16?,17+,18+,19+,20+,21+,22-,23+,24+,25+,26+,27+,28+,29+,30+,31-,32-,33-,34-/m0/s1. The molecule has 4 saturated heterocycles. The summed E-state index contributed by atoms with van der Waals surface area (Å²) in [5.74, 6) is -7.00. The summed E-state index contributed by atoms with van der Waals surface area (Å²) in [6.45, 7) is -2.14. The molecule has 61 heavy (non-hydrogen) atoms. The Kier molecular flexibility index (Phi) is 18.1. The monoisotopic (exact) mass is 896 g/mol. The van der Waals surface area contributed by atoms with Crippen LogP contribution in [0.1, 0.15) is 33.1 Å². The predicted molar refractivity (Wildman–Crippen MR) is 190 cm³/mol. The van der Waals surface area contributed by atoms with E-state index < -0.39 is 198 Å². The van der Waals surface area contributed by atoms with E-state index in [2.05, 4.69) is 10.6 Å². The van der Waals surface area contributed by atoms with Crippen LogP contribution in [0.25, 0.3) is 0 Å². The van der Waals surface area contributed by atoms with E-state index in [1.165, 1.54) is 0 Å². The van der Waals surface area contributed by atoms with Gasteiger partial charge in [-0.15, -0.1) is 0 Å². The van der Waals surface area contributed by atoms with Crippen molar-refractivity contribution in [2.75, 3.05) is 26.4 Å². The number of amides is 2. The van der Waals surface area contributed by atoms with Crippen LogP contribution in [0.3, 0.4) is 0 Å². The quantitative estimate of drug-likeness (QED) is 0.0644. The van der Waals surface area contributed by atoms with E-state index in [0.717, 1.165) is 13.8 Å². The minimum atomic E-state index is -2.77. The van der Waals surface area contributed by atoms with Crippen LogP contribution in [0.5, 0.6) is 0 Å². The highest BCUT2D eigenvalue weighted by molar-refractivity contribution is 5.73. The van der Waals surface area contributed by atoms with Crippen molar-refractivity contribution >= 4 is 11.8 Å². The van der Waals surface area contributed by atoms with Gasteiger partial charge in [0.25, 0.3) is 0 Å². The fourth-order valence-corrected chi connectivity index (χ4v) is 7.87. The third kappa shape index (κ3) is 12.0. The Morgan fingerprint density at radius 3 is 1.64 bits per heavy atom. The van der Waals surface area contributed by atoms with Crippen molar-refractivity contribution in [2.24, 2.45) is 0 Å². The number of carbonyl (C=O) groups excluding carboxylic acids is 2. The minimum Gasteiger partial charge on any atom is -0.394 e. The summed E-state index contributed by atoms with van der Waals surface area (Å²) in [5, 5.41) is 185. The highest BCUT2D eigenvalue weighted by Gasteiger charge is 2.57. The minimum absolute atomic E-state index is 0.743.